The summed E-state index contributed by atoms with van der Waals surface area (Å²) in [6, 6.07) is 3.71. The Morgan fingerprint density at radius 2 is 1.97 bits per heavy atom. The average Bonchev–Trinajstić information content (AvgIpc) is 3.42. The molecule has 0 aliphatic rings. The van der Waals surface area contributed by atoms with Crippen LogP contribution in [0.5, 0.6) is 0 Å². The number of nitrogens with zero attached hydrogens (tertiary/aromatic N) is 3. The lowest BCUT2D eigenvalue weighted by atomic mass is 10.0. The standard InChI is InChI=1S/C24H21ClF4N4O4/c1-3-36-23(35)19-20(18-16(25)9-8-10-17(18)26)32-37-21(19)15-13-31-33(22(15)24(27,28)29)12-7-5-4-6-11-30-14(2)34/h4-10,13H,3,11-12H2,1-2H3,(H,30,34)/b6-4-,7-5-. The van der Waals surface area contributed by atoms with Gasteiger partial charge >= 0.3 is 12.1 Å². The van der Waals surface area contributed by atoms with Gasteiger partial charge in [-0.25, -0.2) is 9.18 Å². The van der Waals surface area contributed by atoms with Crippen LogP contribution in [-0.4, -0.2) is 40.0 Å². The van der Waals surface area contributed by atoms with Gasteiger partial charge in [0.15, 0.2) is 11.5 Å². The minimum Gasteiger partial charge on any atom is -0.462 e. The average molecular weight is 541 g/mol. The summed E-state index contributed by atoms with van der Waals surface area (Å²) in [5, 5.41) is 9.89. The van der Waals surface area contributed by atoms with Gasteiger partial charge in [-0.15, -0.1) is 0 Å². The third-order valence-electron chi connectivity index (χ3n) is 4.85. The van der Waals surface area contributed by atoms with Crippen molar-refractivity contribution in [2.75, 3.05) is 13.2 Å². The third-order valence-corrected chi connectivity index (χ3v) is 5.17. The van der Waals surface area contributed by atoms with Crippen LogP contribution in [0, 0.1) is 5.82 Å². The molecule has 37 heavy (non-hydrogen) atoms. The first-order valence-electron chi connectivity index (χ1n) is 10.9. The number of ether oxygens (including phenoxy) is 1. The Morgan fingerprint density at radius 1 is 1.24 bits per heavy atom. The van der Waals surface area contributed by atoms with Crippen LogP contribution in [-0.2, 0) is 22.3 Å². The normalized spacial score (nSPS) is 12.0. The molecule has 0 bridgehead atoms. The van der Waals surface area contributed by atoms with Gasteiger partial charge in [0.1, 0.15) is 17.1 Å². The maximum atomic E-state index is 14.6. The highest BCUT2D eigenvalue weighted by atomic mass is 35.5. The van der Waals surface area contributed by atoms with E-state index in [1.54, 1.807) is 12.2 Å². The molecule has 0 unspecified atom stereocenters. The van der Waals surface area contributed by atoms with E-state index < -0.39 is 46.2 Å². The molecule has 1 N–H and O–H groups in total. The second-order valence-electron chi connectivity index (χ2n) is 7.43. The van der Waals surface area contributed by atoms with E-state index in [0.717, 1.165) is 12.3 Å². The minimum atomic E-state index is -4.91. The summed E-state index contributed by atoms with van der Waals surface area (Å²) in [5.74, 6) is -2.74. The largest absolute Gasteiger partial charge is 0.462 e. The number of hydrogen-bond donors (Lipinski definition) is 1. The fraction of sp³-hybridized carbons (Fsp3) is 0.250. The molecule has 0 radical (unpaired) electrons. The number of carbonyl (C=O) groups excluding carboxylic acids is 2. The van der Waals surface area contributed by atoms with Crippen LogP contribution in [0.4, 0.5) is 17.6 Å². The fourth-order valence-electron chi connectivity index (χ4n) is 3.34. The van der Waals surface area contributed by atoms with Crippen molar-refractivity contribution in [2.24, 2.45) is 0 Å². The lowest BCUT2D eigenvalue weighted by Gasteiger charge is -2.11. The van der Waals surface area contributed by atoms with Crippen LogP contribution >= 0.6 is 11.6 Å². The smallest absolute Gasteiger partial charge is 0.433 e. The maximum absolute atomic E-state index is 14.6. The molecule has 0 aliphatic carbocycles. The number of hydrogen-bond acceptors (Lipinski definition) is 6. The van der Waals surface area contributed by atoms with Crippen LogP contribution in [0.25, 0.3) is 22.6 Å². The SMILES string of the molecule is CCOC(=O)c1c(-c2c(F)cccc2Cl)noc1-c1cnn(C/C=C\C=C/CNC(C)=O)c1C(F)(F)F. The van der Waals surface area contributed by atoms with Gasteiger partial charge in [0.2, 0.25) is 5.91 Å². The zero-order valence-corrected chi connectivity index (χ0v) is 20.4. The van der Waals surface area contributed by atoms with Crippen molar-refractivity contribution in [2.45, 2.75) is 26.6 Å². The van der Waals surface area contributed by atoms with E-state index in [2.05, 4.69) is 15.6 Å². The summed E-state index contributed by atoms with van der Waals surface area (Å²) in [5.41, 5.74) is -3.04. The molecule has 0 saturated heterocycles. The van der Waals surface area contributed by atoms with Gasteiger partial charge < -0.3 is 14.6 Å². The van der Waals surface area contributed by atoms with Gasteiger partial charge in [0.25, 0.3) is 0 Å². The summed E-state index contributed by atoms with van der Waals surface area (Å²) in [4.78, 5) is 23.6. The Bertz CT molecular complexity index is 1320. The fourth-order valence-corrected chi connectivity index (χ4v) is 3.59. The number of halogens is 5. The van der Waals surface area contributed by atoms with E-state index in [4.69, 9.17) is 20.9 Å². The summed E-state index contributed by atoms with van der Waals surface area (Å²) in [7, 11) is 0. The Hall–Kier alpha value is -3.93. The zero-order chi connectivity index (χ0) is 27.2. The second kappa shape index (κ2) is 11.9. The molecule has 13 heteroatoms. The number of benzene rings is 1. The van der Waals surface area contributed by atoms with Crippen LogP contribution in [0.3, 0.4) is 0 Å². The molecular formula is C24H21ClF4N4O4. The molecule has 2 aromatic heterocycles. The van der Waals surface area contributed by atoms with Crippen LogP contribution in [0.1, 0.15) is 29.9 Å². The van der Waals surface area contributed by atoms with Crippen molar-refractivity contribution in [3.8, 4) is 22.6 Å². The molecule has 1 amide bonds. The Kier molecular flexibility index (Phi) is 8.87. The van der Waals surface area contributed by atoms with Crippen molar-refractivity contribution in [3.05, 3.63) is 70.8 Å². The van der Waals surface area contributed by atoms with E-state index >= 15 is 0 Å². The van der Waals surface area contributed by atoms with Crippen molar-refractivity contribution in [3.63, 3.8) is 0 Å². The Morgan fingerprint density at radius 3 is 2.62 bits per heavy atom. The zero-order valence-electron chi connectivity index (χ0n) is 19.6. The Balaban J connectivity index is 2.06. The molecule has 196 valence electrons. The molecule has 0 aliphatic heterocycles. The van der Waals surface area contributed by atoms with Crippen LogP contribution in [0.2, 0.25) is 5.02 Å². The first-order valence-corrected chi connectivity index (χ1v) is 11.2. The molecule has 0 fully saturated rings. The second-order valence-corrected chi connectivity index (χ2v) is 7.84. The summed E-state index contributed by atoms with van der Waals surface area (Å²) >= 11 is 6.10. The van der Waals surface area contributed by atoms with Gasteiger partial charge in [-0.3, -0.25) is 9.48 Å². The van der Waals surface area contributed by atoms with E-state index in [-0.39, 0.29) is 36.2 Å². The van der Waals surface area contributed by atoms with E-state index in [0.29, 0.717) is 4.68 Å². The number of esters is 1. The number of carbonyl (C=O) groups is 2. The molecular weight excluding hydrogens is 520 g/mol. The number of alkyl halides is 3. The van der Waals surface area contributed by atoms with Crippen molar-refractivity contribution in [1.82, 2.24) is 20.3 Å². The van der Waals surface area contributed by atoms with Gasteiger partial charge in [0.05, 0.1) is 35.5 Å². The van der Waals surface area contributed by atoms with Crippen molar-refractivity contribution < 1.29 is 36.4 Å². The van der Waals surface area contributed by atoms with E-state index in [9.17, 15) is 27.2 Å². The molecule has 1 aromatic carbocycles. The van der Waals surface area contributed by atoms with Gasteiger partial charge in [0, 0.05) is 13.5 Å². The summed E-state index contributed by atoms with van der Waals surface area (Å²) in [6.07, 6.45) is 2.02. The van der Waals surface area contributed by atoms with E-state index in [1.165, 1.54) is 38.1 Å². The number of rotatable bonds is 9. The molecule has 3 aromatic rings. The molecule has 2 heterocycles. The van der Waals surface area contributed by atoms with Crippen LogP contribution < -0.4 is 5.32 Å². The predicted molar refractivity (Wildman–Crippen MR) is 126 cm³/mol. The third kappa shape index (κ3) is 6.45. The maximum Gasteiger partial charge on any atom is 0.433 e. The van der Waals surface area contributed by atoms with Gasteiger partial charge in [-0.2, -0.15) is 18.3 Å². The van der Waals surface area contributed by atoms with Crippen molar-refractivity contribution >= 4 is 23.5 Å². The summed E-state index contributed by atoms with van der Waals surface area (Å²) < 4.78 is 67.8. The highest BCUT2D eigenvalue weighted by Crippen LogP contribution is 2.42. The molecule has 0 atom stereocenters. The number of allylic oxidation sites excluding steroid dienone is 3. The molecule has 3 rings (SSSR count). The predicted octanol–water partition coefficient (Wildman–Crippen LogP) is 5.44. The first kappa shape index (κ1) is 27.7. The number of amides is 1. The van der Waals surface area contributed by atoms with Crippen molar-refractivity contribution in [1.29, 1.82) is 0 Å². The minimum absolute atomic E-state index is 0.112. The number of aromatic nitrogens is 3. The molecule has 8 nitrogen and oxygen atoms in total. The quantitative estimate of drug-likeness (QED) is 0.220. The monoisotopic (exact) mass is 540 g/mol. The van der Waals surface area contributed by atoms with Gasteiger partial charge in [-0.05, 0) is 19.1 Å². The van der Waals surface area contributed by atoms with Gasteiger partial charge in [-0.1, -0.05) is 47.1 Å². The highest BCUT2D eigenvalue weighted by molar-refractivity contribution is 6.33. The molecule has 0 saturated carbocycles. The lowest BCUT2D eigenvalue weighted by Crippen LogP contribution is -2.19. The van der Waals surface area contributed by atoms with Crippen LogP contribution in [0.15, 0.2) is 53.2 Å². The van der Waals surface area contributed by atoms with E-state index in [1.807, 2.05) is 0 Å². The number of nitrogens with one attached hydrogen (secondary N) is 1. The molecule has 0 spiro atoms. The Labute approximate surface area is 213 Å². The highest BCUT2D eigenvalue weighted by Gasteiger charge is 2.41. The first-order chi connectivity index (χ1) is 17.6. The lowest BCUT2D eigenvalue weighted by molar-refractivity contribution is -0.143. The topological polar surface area (TPSA) is 99.2 Å². The summed E-state index contributed by atoms with van der Waals surface area (Å²) in [6.45, 7) is 2.72.